The van der Waals surface area contributed by atoms with Crippen molar-refractivity contribution < 1.29 is 4.52 Å². The van der Waals surface area contributed by atoms with E-state index in [4.69, 9.17) is 4.52 Å². The Morgan fingerprint density at radius 3 is 2.36 bits per heavy atom. The van der Waals surface area contributed by atoms with Gasteiger partial charge >= 0.3 is 0 Å². The summed E-state index contributed by atoms with van der Waals surface area (Å²) in [7, 11) is 1.91. The number of aromatic nitrogens is 1. The van der Waals surface area contributed by atoms with Crippen LogP contribution in [0.4, 0.5) is 5.69 Å². The van der Waals surface area contributed by atoms with Crippen LogP contribution in [0.25, 0.3) is 0 Å². The second-order valence-corrected chi connectivity index (χ2v) is 3.99. The van der Waals surface area contributed by atoms with Gasteiger partial charge in [-0.1, -0.05) is 25.9 Å². The quantitative estimate of drug-likeness (QED) is 0.804. The summed E-state index contributed by atoms with van der Waals surface area (Å²) in [6.45, 7) is 8.54. The summed E-state index contributed by atoms with van der Waals surface area (Å²) in [4.78, 5) is 0. The summed E-state index contributed by atoms with van der Waals surface area (Å²) < 4.78 is 5.42. The van der Waals surface area contributed by atoms with Crippen LogP contribution in [0.5, 0.6) is 0 Å². The minimum atomic E-state index is 0.0968. The van der Waals surface area contributed by atoms with E-state index in [1.807, 2.05) is 14.0 Å². The van der Waals surface area contributed by atoms with E-state index in [-0.39, 0.29) is 5.41 Å². The molecule has 1 heterocycles. The first-order chi connectivity index (χ1) is 6.59. The molecule has 0 aliphatic carbocycles. The number of anilines is 1. The predicted octanol–water partition coefficient (Wildman–Crippen LogP) is 3.10. The van der Waals surface area contributed by atoms with Gasteiger partial charge < -0.3 is 9.84 Å². The van der Waals surface area contributed by atoms with Crippen molar-refractivity contribution in [3.63, 3.8) is 0 Å². The largest absolute Gasteiger partial charge is 0.384 e. The van der Waals surface area contributed by atoms with Gasteiger partial charge in [0.2, 0.25) is 0 Å². The Labute approximate surface area is 85.9 Å². The normalized spacial score (nSPS) is 11.8. The first-order valence-electron chi connectivity index (χ1n) is 5.23. The van der Waals surface area contributed by atoms with Gasteiger partial charge in [0.1, 0.15) is 11.4 Å². The summed E-state index contributed by atoms with van der Waals surface area (Å²) in [5.74, 6) is 0.988. The van der Waals surface area contributed by atoms with E-state index in [0.29, 0.717) is 0 Å². The summed E-state index contributed by atoms with van der Waals surface area (Å²) in [5.41, 5.74) is 2.09. The number of hydrogen-bond donors (Lipinski definition) is 1. The molecule has 0 fully saturated rings. The van der Waals surface area contributed by atoms with Crippen LogP contribution in [-0.4, -0.2) is 12.2 Å². The molecule has 80 valence electrons. The van der Waals surface area contributed by atoms with Crippen LogP contribution < -0.4 is 5.32 Å². The van der Waals surface area contributed by atoms with Gasteiger partial charge in [-0.05, 0) is 19.8 Å². The van der Waals surface area contributed by atoms with E-state index in [1.54, 1.807) is 0 Å². The van der Waals surface area contributed by atoms with E-state index in [9.17, 15) is 0 Å². The molecule has 1 aromatic rings. The van der Waals surface area contributed by atoms with E-state index in [1.165, 1.54) is 0 Å². The third kappa shape index (κ3) is 1.63. The van der Waals surface area contributed by atoms with Crippen LogP contribution >= 0.6 is 0 Å². The fraction of sp³-hybridized carbons (Fsp3) is 0.727. The molecule has 3 nitrogen and oxygen atoms in total. The van der Waals surface area contributed by atoms with Crippen LogP contribution in [0.1, 0.15) is 45.1 Å². The van der Waals surface area contributed by atoms with Gasteiger partial charge in [-0.2, -0.15) is 0 Å². The molecule has 0 bridgehead atoms. The number of aryl methyl sites for hydroxylation is 1. The van der Waals surface area contributed by atoms with Gasteiger partial charge in [0.15, 0.2) is 5.76 Å². The summed E-state index contributed by atoms with van der Waals surface area (Å²) in [6, 6.07) is 0. The van der Waals surface area contributed by atoms with Crippen LogP contribution in [0.3, 0.4) is 0 Å². The Morgan fingerprint density at radius 1 is 1.36 bits per heavy atom. The average Bonchev–Trinajstić information content (AvgIpc) is 2.58. The zero-order chi connectivity index (χ0) is 10.8. The molecule has 1 rings (SSSR count). The molecule has 0 atom stereocenters. The maximum atomic E-state index is 5.42. The molecule has 0 aliphatic rings. The zero-order valence-corrected chi connectivity index (χ0v) is 9.77. The Balaban J connectivity index is 3.16. The molecule has 1 aromatic heterocycles. The summed E-state index contributed by atoms with van der Waals surface area (Å²) in [6.07, 6.45) is 2.12. The van der Waals surface area contributed by atoms with Crippen molar-refractivity contribution in [2.75, 3.05) is 12.4 Å². The summed E-state index contributed by atoms with van der Waals surface area (Å²) >= 11 is 0. The standard InChI is InChI=1S/C11H20N2O/c1-6-11(4,7-2)10-9(12-5)8(3)13-14-10/h12H,6-7H2,1-5H3. The maximum absolute atomic E-state index is 5.42. The maximum Gasteiger partial charge on any atom is 0.165 e. The van der Waals surface area contributed by atoms with Gasteiger partial charge in [0, 0.05) is 12.5 Å². The lowest BCUT2D eigenvalue weighted by Crippen LogP contribution is -2.20. The molecule has 3 heteroatoms. The minimum absolute atomic E-state index is 0.0968. The highest BCUT2D eigenvalue weighted by atomic mass is 16.5. The lowest BCUT2D eigenvalue weighted by Gasteiger charge is -2.24. The Bertz CT molecular complexity index is 300. The topological polar surface area (TPSA) is 38.1 Å². The summed E-state index contributed by atoms with van der Waals surface area (Å²) in [5, 5.41) is 7.17. The molecule has 1 N–H and O–H groups in total. The third-order valence-corrected chi connectivity index (χ3v) is 3.22. The fourth-order valence-corrected chi connectivity index (χ4v) is 1.65. The van der Waals surface area contributed by atoms with Crippen LogP contribution in [0, 0.1) is 6.92 Å². The monoisotopic (exact) mass is 196 g/mol. The molecule has 0 saturated heterocycles. The van der Waals surface area contributed by atoms with Crippen molar-refractivity contribution in [1.82, 2.24) is 5.16 Å². The first-order valence-corrected chi connectivity index (χ1v) is 5.23. The van der Waals surface area contributed by atoms with Crippen LogP contribution in [0.2, 0.25) is 0 Å². The van der Waals surface area contributed by atoms with Crippen molar-refractivity contribution >= 4 is 5.69 Å². The van der Waals surface area contributed by atoms with Crippen molar-refractivity contribution in [3.05, 3.63) is 11.5 Å². The Morgan fingerprint density at radius 2 is 1.93 bits per heavy atom. The van der Waals surface area contributed by atoms with Crippen LogP contribution in [0.15, 0.2) is 4.52 Å². The molecule has 0 aromatic carbocycles. The second-order valence-electron chi connectivity index (χ2n) is 3.99. The van der Waals surface area contributed by atoms with E-state index < -0.39 is 0 Å². The fourth-order valence-electron chi connectivity index (χ4n) is 1.65. The van der Waals surface area contributed by atoms with Crippen molar-refractivity contribution in [1.29, 1.82) is 0 Å². The van der Waals surface area contributed by atoms with E-state index in [0.717, 1.165) is 30.0 Å². The number of nitrogens with zero attached hydrogens (tertiary/aromatic N) is 1. The molecule has 0 unspecified atom stereocenters. The first kappa shape index (κ1) is 11.1. The highest BCUT2D eigenvalue weighted by molar-refractivity contribution is 5.52. The van der Waals surface area contributed by atoms with Gasteiger partial charge in [-0.15, -0.1) is 0 Å². The van der Waals surface area contributed by atoms with E-state index in [2.05, 4.69) is 31.2 Å². The molecule has 0 radical (unpaired) electrons. The zero-order valence-electron chi connectivity index (χ0n) is 9.77. The van der Waals surface area contributed by atoms with Gasteiger partial charge in [0.05, 0.1) is 0 Å². The number of rotatable bonds is 4. The predicted molar refractivity (Wildman–Crippen MR) is 58.7 cm³/mol. The van der Waals surface area contributed by atoms with Gasteiger partial charge in [0.25, 0.3) is 0 Å². The molecule has 14 heavy (non-hydrogen) atoms. The average molecular weight is 196 g/mol. The second kappa shape index (κ2) is 4.03. The van der Waals surface area contributed by atoms with Crippen LogP contribution in [-0.2, 0) is 5.41 Å². The smallest absolute Gasteiger partial charge is 0.165 e. The molecular formula is C11H20N2O. The lowest BCUT2D eigenvalue weighted by molar-refractivity contribution is 0.288. The van der Waals surface area contributed by atoms with Gasteiger partial charge in [-0.25, -0.2) is 0 Å². The molecule has 0 amide bonds. The van der Waals surface area contributed by atoms with Gasteiger partial charge in [-0.3, -0.25) is 0 Å². The molecule has 0 spiro atoms. The Hall–Kier alpha value is -0.990. The molecular weight excluding hydrogens is 176 g/mol. The highest BCUT2D eigenvalue weighted by Crippen LogP contribution is 2.37. The highest BCUT2D eigenvalue weighted by Gasteiger charge is 2.30. The molecule has 0 aliphatic heterocycles. The lowest BCUT2D eigenvalue weighted by atomic mass is 9.81. The SMILES string of the molecule is CCC(C)(CC)c1onc(C)c1NC. The van der Waals surface area contributed by atoms with Crippen molar-refractivity contribution in [2.24, 2.45) is 0 Å². The third-order valence-electron chi connectivity index (χ3n) is 3.22. The Kier molecular flexibility index (Phi) is 3.19. The van der Waals surface area contributed by atoms with Crippen molar-refractivity contribution in [3.8, 4) is 0 Å². The van der Waals surface area contributed by atoms with E-state index >= 15 is 0 Å². The molecule has 0 saturated carbocycles. The van der Waals surface area contributed by atoms with Crippen molar-refractivity contribution in [2.45, 2.75) is 46.0 Å². The number of hydrogen-bond acceptors (Lipinski definition) is 3. The minimum Gasteiger partial charge on any atom is -0.384 e. The number of nitrogens with one attached hydrogen (secondary N) is 1.